The fourth-order valence-corrected chi connectivity index (χ4v) is 3.59. The summed E-state index contributed by atoms with van der Waals surface area (Å²) < 4.78 is 3.01. The van der Waals surface area contributed by atoms with Crippen LogP contribution in [0.2, 0.25) is 0 Å². The molecule has 0 aromatic carbocycles. The standard InChI is InChI=1S/C16H21N5OS/c1-3-20(4-2)8-5-6-17-15(22)12-10-14-13(11-19-12)21-9-7-18-16(21)23-14/h7,9-11H,3-6,8H2,1-2H3,(H,17,22). The summed E-state index contributed by atoms with van der Waals surface area (Å²) in [7, 11) is 0. The van der Waals surface area contributed by atoms with Gasteiger partial charge in [-0.2, -0.15) is 0 Å². The maximum absolute atomic E-state index is 12.2. The van der Waals surface area contributed by atoms with Crippen molar-refractivity contribution in [1.29, 1.82) is 0 Å². The first-order valence-electron chi connectivity index (χ1n) is 7.95. The molecule has 3 aromatic rings. The lowest BCUT2D eigenvalue weighted by Gasteiger charge is -2.17. The summed E-state index contributed by atoms with van der Waals surface area (Å²) in [6, 6.07) is 1.84. The number of pyridine rings is 1. The predicted octanol–water partition coefficient (Wildman–Crippen LogP) is 2.41. The SMILES string of the molecule is CCN(CC)CCCNC(=O)c1cc2sc3nccn3c2cn1. The van der Waals surface area contributed by atoms with Crippen molar-refractivity contribution in [3.05, 3.63) is 30.4 Å². The molecule has 0 radical (unpaired) electrons. The lowest BCUT2D eigenvalue weighted by molar-refractivity contribution is 0.0947. The van der Waals surface area contributed by atoms with Crippen LogP contribution in [-0.2, 0) is 0 Å². The second-order valence-electron chi connectivity index (χ2n) is 5.36. The van der Waals surface area contributed by atoms with Gasteiger partial charge in [0, 0.05) is 18.9 Å². The highest BCUT2D eigenvalue weighted by Gasteiger charge is 2.11. The molecule has 0 unspecified atom stereocenters. The third-order valence-corrected chi connectivity index (χ3v) is 5.01. The molecule has 23 heavy (non-hydrogen) atoms. The van der Waals surface area contributed by atoms with Gasteiger partial charge >= 0.3 is 0 Å². The van der Waals surface area contributed by atoms with Gasteiger partial charge in [-0.1, -0.05) is 25.2 Å². The predicted molar refractivity (Wildman–Crippen MR) is 93.1 cm³/mol. The van der Waals surface area contributed by atoms with Crippen molar-refractivity contribution in [2.75, 3.05) is 26.2 Å². The summed E-state index contributed by atoms with van der Waals surface area (Å²) in [5.41, 5.74) is 1.45. The normalized spacial score (nSPS) is 11.6. The molecule has 0 atom stereocenters. The van der Waals surface area contributed by atoms with Crippen molar-refractivity contribution < 1.29 is 4.79 Å². The third kappa shape index (κ3) is 3.35. The molecule has 0 aliphatic rings. The average molecular weight is 331 g/mol. The summed E-state index contributed by atoms with van der Waals surface area (Å²) in [5.74, 6) is -0.113. The number of hydrogen-bond donors (Lipinski definition) is 1. The molecule has 3 rings (SSSR count). The second-order valence-corrected chi connectivity index (χ2v) is 6.36. The van der Waals surface area contributed by atoms with Crippen LogP contribution in [0.3, 0.4) is 0 Å². The molecule has 3 heterocycles. The molecular formula is C16H21N5OS. The van der Waals surface area contributed by atoms with E-state index in [9.17, 15) is 4.79 Å². The van der Waals surface area contributed by atoms with Crippen LogP contribution in [0.1, 0.15) is 30.8 Å². The highest BCUT2D eigenvalue weighted by atomic mass is 32.1. The van der Waals surface area contributed by atoms with Crippen LogP contribution in [0.5, 0.6) is 0 Å². The Hall–Kier alpha value is -1.99. The maximum atomic E-state index is 12.2. The number of thiazole rings is 1. The largest absolute Gasteiger partial charge is 0.351 e. The van der Waals surface area contributed by atoms with E-state index in [2.05, 4.69) is 34.0 Å². The number of nitrogens with zero attached hydrogens (tertiary/aromatic N) is 4. The van der Waals surface area contributed by atoms with Gasteiger partial charge in [0.1, 0.15) is 5.69 Å². The van der Waals surface area contributed by atoms with Gasteiger partial charge in [-0.15, -0.1) is 0 Å². The quantitative estimate of drug-likeness (QED) is 0.675. The molecular weight excluding hydrogens is 310 g/mol. The first kappa shape index (κ1) is 15.9. The summed E-state index contributed by atoms with van der Waals surface area (Å²) >= 11 is 1.56. The molecule has 1 N–H and O–H groups in total. The molecule has 7 heteroatoms. The van der Waals surface area contributed by atoms with Crippen LogP contribution in [0.4, 0.5) is 0 Å². The molecule has 1 amide bonds. The number of nitrogens with one attached hydrogen (secondary N) is 1. The number of hydrogen-bond acceptors (Lipinski definition) is 5. The minimum atomic E-state index is -0.113. The van der Waals surface area contributed by atoms with Crippen LogP contribution in [0.25, 0.3) is 15.2 Å². The highest BCUT2D eigenvalue weighted by Crippen LogP contribution is 2.25. The molecule has 0 fully saturated rings. The smallest absolute Gasteiger partial charge is 0.269 e. The van der Waals surface area contributed by atoms with Crippen molar-refractivity contribution in [1.82, 2.24) is 24.6 Å². The number of amides is 1. The van der Waals surface area contributed by atoms with Crippen LogP contribution in [0.15, 0.2) is 24.7 Å². The third-order valence-electron chi connectivity index (χ3n) is 3.98. The minimum Gasteiger partial charge on any atom is -0.351 e. The van der Waals surface area contributed by atoms with Crippen molar-refractivity contribution in [2.45, 2.75) is 20.3 Å². The van der Waals surface area contributed by atoms with Gasteiger partial charge in [0.15, 0.2) is 4.96 Å². The Kier molecular flexibility index (Phi) is 4.88. The Morgan fingerprint density at radius 2 is 2.17 bits per heavy atom. The second kappa shape index (κ2) is 7.06. The molecule has 122 valence electrons. The van der Waals surface area contributed by atoms with Crippen LogP contribution >= 0.6 is 11.3 Å². The number of fused-ring (bicyclic) bond motifs is 3. The first-order chi connectivity index (χ1) is 11.2. The van der Waals surface area contributed by atoms with E-state index in [4.69, 9.17) is 0 Å². The molecule has 0 saturated heterocycles. The Morgan fingerprint density at radius 1 is 1.35 bits per heavy atom. The Bertz CT molecular complexity index is 805. The zero-order chi connectivity index (χ0) is 16.2. The minimum absolute atomic E-state index is 0.113. The van der Waals surface area contributed by atoms with Crippen molar-refractivity contribution in [2.24, 2.45) is 0 Å². The number of carbonyl (C=O) groups is 1. The monoisotopic (exact) mass is 331 g/mol. The van der Waals surface area contributed by atoms with Crippen LogP contribution in [0, 0.1) is 0 Å². The van der Waals surface area contributed by atoms with E-state index in [1.807, 2.05) is 16.7 Å². The van der Waals surface area contributed by atoms with E-state index >= 15 is 0 Å². The van der Waals surface area contributed by atoms with E-state index in [0.29, 0.717) is 12.2 Å². The van der Waals surface area contributed by atoms with Crippen LogP contribution in [-0.4, -0.2) is 51.4 Å². The Balaban J connectivity index is 1.62. The molecule has 0 spiro atoms. The lowest BCUT2D eigenvalue weighted by atomic mass is 10.3. The summed E-state index contributed by atoms with van der Waals surface area (Å²) in [6.45, 7) is 8.06. The van der Waals surface area contributed by atoms with E-state index in [1.165, 1.54) is 0 Å². The number of carbonyl (C=O) groups excluding carboxylic acids is 1. The Labute approximate surface area is 139 Å². The average Bonchev–Trinajstić information content (AvgIpc) is 3.15. The lowest BCUT2D eigenvalue weighted by Crippen LogP contribution is -2.30. The van der Waals surface area contributed by atoms with Gasteiger partial charge in [0.05, 0.1) is 16.4 Å². The van der Waals surface area contributed by atoms with Gasteiger partial charge < -0.3 is 10.2 Å². The van der Waals surface area contributed by atoms with Gasteiger partial charge in [0.2, 0.25) is 0 Å². The molecule has 3 aromatic heterocycles. The van der Waals surface area contributed by atoms with Crippen LogP contribution < -0.4 is 5.32 Å². The summed E-state index contributed by atoms with van der Waals surface area (Å²) in [4.78, 5) is 24.0. The molecule has 0 aliphatic heterocycles. The van der Waals surface area contributed by atoms with Crippen molar-refractivity contribution in [3.63, 3.8) is 0 Å². The summed E-state index contributed by atoms with van der Waals surface area (Å²) in [6.07, 6.45) is 6.36. The van der Waals surface area contributed by atoms with Gasteiger partial charge in [-0.25, -0.2) is 9.97 Å². The molecule has 6 nitrogen and oxygen atoms in total. The summed E-state index contributed by atoms with van der Waals surface area (Å²) in [5, 5.41) is 2.95. The molecule has 0 saturated carbocycles. The zero-order valence-corrected chi connectivity index (χ0v) is 14.3. The van der Waals surface area contributed by atoms with E-state index in [0.717, 1.165) is 41.2 Å². The van der Waals surface area contributed by atoms with E-state index < -0.39 is 0 Å². The number of aromatic nitrogens is 3. The molecule has 0 aliphatic carbocycles. The zero-order valence-electron chi connectivity index (χ0n) is 13.5. The Morgan fingerprint density at radius 3 is 2.96 bits per heavy atom. The van der Waals surface area contributed by atoms with E-state index in [-0.39, 0.29) is 5.91 Å². The first-order valence-corrected chi connectivity index (χ1v) is 8.76. The van der Waals surface area contributed by atoms with Crippen molar-refractivity contribution >= 4 is 32.4 Å². The van der Waals surface area contributed by atoms with Gasteiger partial charge in [0.25, 0.3) is 5.91 Å². The highest BCUT2D eigenvalue weighted by molar-refractivity contribution is 7.23. The molecule has 0 bridgehead atoms. The van der Waals surface area contributed by atoms with E-state index in [1.54, 1.807) is 23.7 Å². The fraction of sp³-hybridized carbons (Fsp3) is 0.438. The number of rotatable bonds is 7. The maximum Gasteiger partial charge on any atom is 0.269 e. The number of imidazole rings is 1. The van der Waals surface area contributed by atoms with Gasteiger partial charge in [-0.05, 0) is 32.1 Å². The topological polar surface area (TPSA) is 62.5 Å². The van der Waals surface area contributed by atoms with Crippen molar-refractivity contribution in [3.8, 4) is 0 Å². The fourth-order valence-electron chi connectivity index (χ4n) is 2.60. The van der Waals surface area contributed by atoms with Gasteiger partial charge in [-0.3, -0.25) is 9.20 Å².